The fraction of sp³-hybridized carbons (Fsp3) is 0.778. The molecule has 1 atom stereocenters. The summed E-state index contributed by atoms with van der Waals surface area (Å²) in [6, 6.07) is 0. The van der Waals surface area contributed by atoms with Gasteiger partial charge in [0.25, 0.3) is 0 Å². The third-order valence-electron chi connectivity index (χ3n) is 1.72. The molecule has 0 radical (unpaired) electrons. The van der Waals surface area contributed by atoms with Gasteiger partial charge in [-0.1, -0.05) is 26.7 Å². The third-order valence-corrected chi connectivity index (χ3v) is 2.17. The van der Waals surface area contributed by atoms with Gasteiger partial charge in [0.2, 0.25) is 0 Å². The number of rotatable bonds is 6. The molecule has 1 N–H and O–H groups in total. The van der Waals surface area contributed by atoms with Gasteiger partial charge < -0.3 is 9.42 Å². The Balaban J connectivity index is 0.000000487. The molecular weight excluding hydrogens is 229 g/mol. The highest BCUT2D eigenvalue weighted by Crippen LogP contribution is 2.14. The second-order valence-electron chi connectivity index (χ2n) is 3.13. The molecule has 0 aromatic carbocycles. The number of hydrogen-bond donors (Lipinski definition) is 1. The lowest BCUT2D eigenvalue weighted by molar-refractivity contribution is 0.269. The molecule has 0 aliphatic carbocycles. The van der Waals surface area contributed by atoms with Crippen molar-refractivity contribution in [2.45, 2.75) is 39.7 Å². The molecular formula is C9H20N3O3P. The average molecular weight is 249 g/mol. The zero-order valence-corrected chi connectivity index (χ0v) is 10.8. The van der Waals surface area contributed by atoms with Crippen LogP contribution in [0.5, 0.6) is 0 Å². The van der Waals surface area contributed by atoms with Crippen LogP contribution in [0.25, 0.3) is 0 Å². The summed E-state index contributed by atoms with van der Waals surface area (Å²) < 4.78 is 16.2. The summed E-state index contributed by atoms with van der Waals surface area (Å²) in [5.41, 5.74) is 0. The van der Waals surface area contributed by atoms with Crippen LogP contribution in [0.2, 0.25) is 0 Å². The highest BCUT2D eigenvalue weighted by molar-refractivity contribution is 7.32. The van der Waals surface area contributed by atoms with Crippen LogP contribution in [0, 0.1) is 0 Å². The molecule has 1 rings (SSSR count). The SMILES string of the molecule is CCCC.O=[PH](O)OCCCn1cncn1. The first-order valence-electron chi connectivity index (χ1n) is 5.38. The number of aryl methyl sites for hydroxylation is 1. The molecule has 0 aliphatic heterocycles. The predicted molar refractivity (Wildman–Crippen MR) is 62.4 cm³/mol. The summed E-state index contributed by atoms with van der Waals surface area (Å²) in [5.74, 6) is 0. The molecule has 0 fully saturated rings. The van der Waals surface area contributed by atoms with E-state index in [1.54, 1.807) is 11.0 Å². The van der Waals surface area contributed by atoms with E-state index in [2.05, 4.69) is 28.5 Å². The van der Waals surface area contributed by atoms with Gasteiger partial charge in [0.15, 0.2) is 0 Å². The average Bonchev–Trinajstić information content (AvgIpc) is 2.77. The second-order valence-corrected chi connectivity index (χ2v) is 3.95. The summed E-state index contributed by atoms with van der Waals surface area (Å²) >= 11 is 0. The number of unbranched alkanes of at least 4 members (excludes halogenated alkanes) is 1. The van der Waals surface area contributed by atoms with Crippen molar-refractivity contribution in [3.8, 4) is 0 Å². The molecule has 0 saturated carbocycles. The van der Waals surface area contributed by atoms with Crippen molar-refractivity contribution < 1.29 is 14.0 Å². The van der Waals surface area contributed by atoms with E-state index in [0.29, 0.717) is 13.0 Å². The molecule has 0 aliphatic rings. The first kappa shape index (κ1) is 15.3. The first-order valence-corrected chi connectivity index (χ1v) is 6.65. The maximum Gasteiger partial charge on any atom is 0.316 e. The lowest BCUT2D eigenvalue weighted by atomic mass is 10.4. The molecule has 1 unspecified atom stereocenters. The highest BCUT2D eigenvalue weighted by Gasteiger charge is 1.93. The summed E-state index contributed by atoms with van der Waals surface area (Å²) in [7, 11) is -2.77. The molecule has 16 heavy (non-hydrogen) atoms. The molecule has 6 nitrogen and oxygen atoms in total. The van der Waals surface area contributed by atoms with Crippen LogP contribution in [0.1, 0.15) is 33.1 Å². The van der Waals surface area contributed by atoms with E-state index in [-0.39, 0.29) is 6.61 Å². The van der Waals surface area contributed by atoms with Crippen LogP contribution < -0.4 is 0 Å². The van der Waals surface area contributed by atoms with Crippen molar-refractivity contribution in [2.75, 3.05) is 6.61 Å². The molecule has 0 spiro atoms. The van der Waals surface area contributed by atoms with Gasteiger partial charge in [-0.15, -0.1) is 0 Å². The van der Waals surface area contributed by atoms with E-state index in [4.69, 9.17) is 4.89 Å². The minimum atomic E-state index is -2.77. The van der Waals surface area contributed by atoms with Gasteiger partial charge in [0.1, 0.15) is 12.7 Å². The summed E-state index contributed by atoms with van der Waals surface area (Å²) in [6.07, 6.45) is 6.32. The van der Waals surface area contributed by atoms with E-state index in [0.717, 1.165) is 0 Å². The summed E-state index contributed by atoms with van der Waals surface area (Å²) in [6.45, 7) is 5.28. The van der Waals surface area contributed by atoms with Gasteiger partial charge >= 0.3 is 8.25 Å². The minimum Gasteiger partial charge on any atom is -0.326 e. The normalized spacial score (nSPS) is 11.7. The van der Waals surface area contributed by atoms with E-state index >= 15 is 0 Å². The number of hydrogen-bond acceptors (Lipinski definition) is 4. The van der Waals surface area contributed by atoms with Crippen molar-refractivity contribution in [3.05, 3.63) is 12.7 Å². The first-order chi connectivity index (χ1) is 7.70. The van der Waals surface area contributed by atoms with E-state index in [1.807, 2.05) is 0 Å². The van der Waals surface area contributed by atoms with Gasteiger partial charge in [0.05, 0.1) is 6.61 Å². The van der Waals surface area contributed by atoms with Crippen LogP contribution >= 0.6 is 8.25 Å². The minimum absolute atomic E-state index is 0.272. The van der Waals surface area contributed by atoms with E-state index in [1.165, 1.54) is 19.2 Å². The monoisotopic (exact) mass is 249 g/mol. The Morgan fingerprint density at radius 1 is 1.44 bits per heavy atom. The Kier molecular flexibility index (Phi) is 10.3. The zero-order chi connectivity index (χ0) is 12.2. The van der Waals surface area contributed by atoms with Crippen LogP contribution in [-0.4, -0.2) is 26.3 Å². The Labute approximate surface area is 96.6 Å². The highest BCUT2D eigenvalue weighted by atomic mass is 31.1. The summed E-state index contributed by atoms with van der Waals surface area (Å²) in [5, 5.41) is 3.85. The van der Waals surface area contributed by atoms with Crippen LogP contribution in [0.3, 0.4) is 0 Å². The van der Waals surface area contributed by atoms with Gasteiger partial charge in [0, 0.05) is 6.54 Å². The second kappa shape index (κ2) is 10.8. The maximum absolute atomic E-state index is 10.1. The van der Waals surface area contributed by atoms with E-state index < -0.39 is 8.25 Å². The number of aromatic nitrogens is 3. The lowest BCUT2D eigenvalue weighted by Gasteiger charge is -1.99. The Morgan fingerprint density at radius 2 is 2.12 bits per heavy atom. The molecule has 0 bridgehead atoms. The Bertz CT molecular complexity index is 265. The predicted octanol–water partition coefficient (Wildman–Crippen LogP) is 1.87. The smallest absolute Gasteiger partial charge is 0.316 e. The van der Waals surface area contributed by atoms with E-state index in [9.17, 15) is 4.57 Å². The summed E-state index contributed by atoms with van der Waals surface area (Å²) in [4.78, 5) is 12.0. The van der Waals surface area contributed by atoms with Crippen LogP contribution in [0.4, 0.5) is 0 Å². The molecule has 1 aromatic rings. The van der Waals surface area contributed by atoms with Gasteiger partial charge in [-0.25, -0.2) is 4.98 Å². The molecule has 7 heteroatoms. The topological polar surface area (TPSA) is 77.2 Å². The van der Waals surface area contributed by atoms with Crippen LogP contribution in [-0.2, 0) is 15.6 Å². The quantitative estimate of drug-likeness (QED) is 0.615. The van der Waals surface area contributed by atoms with Crippen molar-refractivity contribution >= 4 is 8.25 Å². The number of nitrogens with zero attached hydrogens (tertiary/aromatic N) is 3. The van der Waals surface area contributed by atoms with Gasteiger partial charge in [-0.3, -0.25) is 9.25 Å². The van der Waals surface area contributed by atoms with Crippen molar-refractivity contribution in [3.63, 3.8) is 0 Å². The van der Waals surface area contributed by atoms with Crippen LogP contribution in [0.15, 0.2) is 12.7 Å². The Morgan fingerprint density at radius 3 is 2.56 bits per heavy atom. The van der Waals surface area contributed by atoms with Crippen molar-refractivity contribution in [2.24, 2.45) is 0 Å². The zero-order valence-electron chi connectivity index (χ0n) is 9.80. The molecule has 0 amide bonds. The molecule has 0 saturated heterocycles. The van der Waals surface area contributed by atoms with Crippen molar-refractivity contribution in [1.29, 1.82) is 0 Å². The molecule has 94 valence electrons. The fourth-order valence-corrected chi connectivity index (χ4v) is 1.05. The lowest BCUT2D eigenvalue weighted by Crippen LogP contribution is -2.00. The van der Waals surface area contributed by atoms with Crippen molar-refractivity contribution in [1.82, 2.24) is 14.8 Å². The van der Waals surface area contributed by atoms with Gasteiger partial charge in [-0.05, 0) is 6.42 Å². The molecule has 1 aromatic heterocycles. The standard InChI is InChI=1S/C5H10N3O3P.C4H10/c9-12(10)11-3-1-2-8-5-6-4-7-8;1-3-4-2/h4-5,12H,1-3H2,(H,9,10);3-4H2,1-2H3. The molecule has 1 heterocycles. The maximum atomic E-state index is 10.1. The fourth-order valence-electron chi connectivity index (χ4n) is 0.734. The largest absolute Gasteiger partial charge is 0.326 e. The Hall–Kier alpha value is -0.710. The third kappa shape index (κ3) is 9.83. The van der Waals surface area contributed by atoms with Gasteiger partial charge in [-0.2, -0.15) is 5.10 Å².